The van der Waals surface area contributed by atoms with Gasteiger partial charge in [0.2, 0.25) is 0 Å². The van der Waals surface area contributed by atoms with Gasteiger partial charge in [0.1, 0.15) is 0 Å². The summed E-state index contributed by atoms with van der Waals surface area (Å²) < 4.78 is 1.97. The third kappa shape index (κ3) is 2.62. The van der Waals surface area contributed by atoms with E-state index in [2.05, 4.69) is 16.1 Å². The van der Waals surface area contributed by atoms with Gasteiger partial charge >= 0.3 is 0 Å². The minimum atomic E-state index is 0.323. The highest BCUT2D eigenvalue weighted by atomic mass is 16.3. The van der Waals surface area contributed by atoms with E-state index in [1.165, 1.54) is 12.1 Å². The maximum Gasteiger partial charge on any atom is 0.0597 e. The molecule has 1 aromatic heterocycles. The van der Waals surface area contributed by atoms with Crippen molar-refractivity contribution < 1.29 is 5.11 Å². The molecule has 1 N–H and O–H groups in total. The third-order valence-electron chi connectivity index (χ3n) is 3.39. The average Bonchev–Trinajstić information content (AvgIpc) is 2.76. The highest BCUT2D eigenvalue weighted by Gasteiger charge is 2.22. The first kappa shape index (κ1) is 11.6. The van der Waals surface area contributed by atoms with Crippen molar-refractivity contribution in [3.05, 3.63) is 17.5 Å². The highest BCUT2D eigenvalue weighted by molar-refractivity contribution is 5.08. The molecule has 1 saturated heterocycles. The topological polar surface area (TPSA) is 41.3 Å². The first-order valence-corrected chi connectivity index (χ1v) is 6.01. The summed E-state index contributed by atoms with van der Waals surface area (Å²) in [5.41, 5.74) is 2.37. The van der Waals surface area contributed by atoms with Crippen molar-refractivity contribution in [2.45, 2.75) is 26.3 Å². The zero-order valence-corrected chi connectivity index (χ0v) is 10.2. The maximum absolute atomic E-state index is 8.92. The molecule has 0 aliphatic carbocycles. The van der Waals surface area contributed by atoms with E-state index in [0.29, 0.717) is 12.5 Å². The lowest BCUT2D eigenvalue weighted by Gasteiger charge is -2.15. The number of aliphatic hydroxyl groups is 1. The van der Waals surface area contributed by atoms with E-state index >= 15 is 0 Å². The Hall–Kier alpha value is -0.870. The van der Waals surface area contributed by atoms with Gasteiger partial charge in [-0.1, -0.05) is 0 Å². The van der Waals surface area contributed by atoms with E-state index in [9.17, 15) is 0 Å². The van der Waals surface area contributed by atoms with Gasteiger partial charge in [-0.3, -0.25) is 9.58 Å². The van der Waals surface area contributed by atoms with Gasteiger partial charge in [-0.05, 0) is 38.3 Å². The van der Waals surface area contributed by atoms with Gasteiger partial charge in [0, 0.05) is 26.7 Å². The van der Waals surface area contributed by atoms with Gasteiger partial charge in [-0.25, -0.2) is 0 Å². The summed E-state index contributed by atoms with van der Waals surface area (Å²) in [5, 5.41) is 13.3. The summed E-state index contributed by atoms with van der Waals surface area (Å²) in [4.78, 5) is 2.46. The Morgan fingerprint density at radius 1 is 1.56 bits per heavy atom. The summed E-state index contributed by atoms with van der Waals surface area (Å²) in [6.45, 7) is 5.60. The Balaban J connectivity index is 1.89. The van der Waals surface area contributed by atoms with Gasteiger partial charge in [-0.15, -0.1) is 0 Å². The van der Waals surface area contributed by atoms with Crippen LogP contribution < -0.4 is 0 Å². The SMILES string of the molecule is Cc1cc(CN2CCC(CCO)C2)n(C)n1. The minimum Gasteiger partial charge on any atom is -0.396 e. The Morgan fingerprint density at radius 2 is 2.38 bits per heavy atom. The van der Waals surface area contributed by atoms with Gasteiger partial charge in [0.05, 0.1) is 11.4 Å². The van der Waals surface area contributed by atoms with Crippen molar-refractivity contribution in [3.63, 3.8) is 0 Å². The van der Waals surface area contributed by atoms with Crippen LogP contribution in [0.2, 0.25) is 0 Å². The second-order valence-corrected chi connectivity index (χ2v) is 4.80. The van der Waals surface area contributed by atoms with E-state index in [-0.39, 0.29) is 0 Å². The van der Waals surface area contributed by atoms with E-state index in [0.717, 1.165) is 31.7 Å². The number of aromatic nitrogens is 2. The van der Waals surface area contributed by atoms with Crippen LogP contribution in [-0.4, -0.2) is 39.5 Å². The molecule has 0 bridgehead atoms. The molecule has 0 saturated carbocycles. The molecule has 0 radical (unpaired) electrons. The second-order valence-electron chi connectivity index (χ2n) is 4.80. The van der Waals surface area contributed by atoms with Gasteiger partial charge in [0.15, 0.2) is 0 Å². The van der Waals surface area contributed by atoms with Crippen molar-refractivity contribution in [3.8, 4) is 0 Å². The van der Waals surface area contributed by atoms with Crippen LogP contribution in [0.1, 0.15) is 24.2 Å². The molecule has 2 rings (SSSR count). The lowest BCUT2D eigenvalue weighted by molar-refractivity contribution is 0.248. The summed E-state index contributed by atoms with van der Waals surface area (Å²) >= 11 is 0. The molecule has 90 valence electrons. The Bertz CT molecular complexity index is 348. The maximum atomic E-state index is 8.92. The molecule has 1 aliphatic heterocycles. The predicted octanol–water partition coefficient (Wildman–Crippen LogP) is 0.933. The summed E-state index contributed by atoms with van der Waals surface area (Å²) in [7, 11) is 2.00. The van der Waals surface area contributed by atoms with Crippen LogP contribution in [0.25, 0.3) is 0 Å². The van der Waals surface area contributed by atoms with Crippen LogP contribution in [0.5, 0.6) is 0 Å². The molecule has 16 heavy (non-hydrogen) atoms. The Morgan fingerprint density at radius 3 is 3.00 bits per heavy atom. The fraction of sp³-hybridized carbons (Fsp3) is 0.750. The first-order chi connectivity index (χ1) is 7.69. The van der Waals surface area contributed by atoms with E-state index in [1.54, 1.807) is 0 Å². The van der Waals surface area contributed by atoms with Crippen molar-refractivity contribution >= 4 is 0 Å². The molecule has 1 atom stereocenters. The zero-order chi connectivity index (χ0) is 11.5. The van der Waals surface area contributed by atoms with Crippen LogP contribution >= 0.6 is 0 Å². The van der Waals surface area contributed by atoms with E-state index < -0.39 is 0 Å². The normalized spacial score (nSPS) is 21.8. The number of likely N-dealkylation sites (tertiary alicyclic amines) is 1. The minimum absolute atomic E-state index is 0.323. The van der Waals surface area contributed by atoms with Crippen LogP contribution in [0.15, 0.2) is 6.07 Å². The Kier molecular flexibility index (Phi) is 3.61. The van der Waals surface area contributed by atoms with Crippen molar-refractivity contribution in [2.24, 2.45) is 13.0 Å². The average molecular weight is 223 g/mol. The molecule has 0 spiro atoms. The number of aliphatic hydroxyl groups excluding tert-OH is 1. The smallest absolute Gasteiger partial charge is 0.0597 e. The van der Waals surface area contributed by atoms with Gasteiger partial charge < -0.3 is 5.11 Å². The number of rotatable bonds is 4. The molecule has 2 heterocycles. The third-order valence-corrected chi connectivity index (χ3v) is 3.39. The molecule has 4 nitrogen and oxygen atoms in total. The van der Waals surface area contributed by atoms with Crippen LogP contribution in [0.4, 0.5) is 0 Å². The van der Waals surface area contributed by atoms with Gasteiger partial charge in [0.25, 0.3) is 0 Å². The molecular weight excluding hydrogens is 202 g/mol. The molecule has 4 heteroatoms. The molecular formula is C12H21N3O. The number of aryl methyl sites for hydroxylation is 2. The molecule has 1 fully saturated rings. The Labute approximate surface area is 96.9 Å². The fourth-order valence-electron chi connectivity index (χ4n) is 2.52. The van der Waals surface area contributed by atoms with Crippen molar-refractivity contribution in [1.29, 1.82) is 0 Å². The number of nitrogens with zero attached hydrogens (tertiary/aromatic N) is 3. The number of hydrogen-bond donors (Lipinski definition) is 1. The van der Waals surface area contributed by atoms with Crippen molar-refractivity contribution in [2.75, 3.05) is 19.7 Å². The summed E-state index contributed by atoms with van der Waals surface area (Å²) in [6.07, 6.45) is 2.16. The molecule has 0 amide bonds. The van der Waals surface area contributed by atoms with Crippen LogP contribution in [0, 0.1) is 12.8 Å². The largest absolute Gasteiger partial charge is 0.396 e. The van der Waals surface area contributed by atoms with Gasteiger partial charge in [-0.2, -0.15) is 5.10 Å². The quantitative estimate of drug-likeness (QED) is 0.825. The summed E-state index contributed by atoms with van der Waals surface area (Å²) in [5.74, 6) is 0.680. The molecule has 1 aromatic rings. The lowest BCUT2D eigenvalue weighted by atomic mass is 10.1. The standard InChI is InChI=1S/C12H21N3O/c1-10-7-12(14(2)13-10)9-15-5-3-11(8-15)4-6-16/h7,11,16H,3-6,8-9H2,1-2H3. The second kappa shape index (κ2) is 4.97. The van der Waals surface area contributed by atoms with Crippen molar-refractivity contribution in [1.82, 2.24) is 14.7 Å². The molecule has 0 aromatic carbocycles. The fourth-order valence-corrected chi connectivity index (χ4v) is 2.52. The first-order valence-electron chi connectivity index (χ1n) is 6.01. The van der Waals surface area contributed by atoms with Crippen LogP contribution in [0.3, 0.4) is 0 Å². The zero-order valence-electron chi connectivity index (χ0n) is 10.2. The molecule has 1 aliphatic rings. The van der Waals surface area contributed by atoms with Crippen LogP contribution in [-0.2, 0) is 13.6 Å². The highest BCUT2D eigenvalue weighted by Crippen LogP contribution is 2.21. The monoisotopic (exact) mass is 223 g/mol. The predicted molar refractivity (Wildman–Crippen MR) is 63.0 cm³/mol. The lowest BCUT2D eigenvalue weighted by Crippen LogP contribution is -2.21. The molecule has 1 unspecified atom stereocenters. The summed E-state index contributed by atoms with van der Waals surface area (Å²) in [6, 6.07) is 2.15. The van der Waals surface area contributed by atoms with E-state index in [4.69, 9.17) is 5.11 Å². The van der Waals surface area contributed by atoms with E-state index in [1.807, 2.05) is 18.7 Å². The number of hydrogen-bond acceptors (Lipinski definition) is 3.